The summed E-state index contributed by atoms with van der Waals surface area (Å²) in [7, 11) is 0. The van der Waals surface area contributed by atoms with E-state index in [2.05, 4.69) is 20.9 Å². The highest BCUT2D eigenvalue weighted by molar-refractivity contribution is 5.73. The molecule has 2 amide bonds. The molecule has 0 bridgehead atoms. The molecule has 1 aliphatic rings. The quantitative estimate of drug-likeness (QED) is 0.849. The lowest BCUT2D eigenvalue weighted by atomic mass is 10.1. The van der Waals surface area contributed by atoms with Crippen molar-refractivity contribution >= 4 is 6.03 Å². The lowest BCUT2D eigenvalue weighted by molar-refractivity contribution is 0.0120. The van der Waals surface area contributed by atoms with Crippen molar-refractivity contribution in [2.24, 2.45) is 0 Å². The van der Waals surface area contributed by atoms with E-state index >= 15 is 0 Å². The molecule has 3 rings (SSSR count). The van der Waals surface area contributed by atoms with Crippen LogP contribution in [0.4, 0.5) is 4.79 Å². The molecule has 1 aromatic carbocycles. The van der Waals surface area contributed by atoms with Crippen LogP contribution in [0.25, 0.3) is 5.69 Å². The lowest BCUT2D eigenvalue weighted by Crippen LogP contribution is -2.37. The molecule has 24 heavy (non-hydrogen) atoms. The van der Waals surface area contributed by atoms with Crippen molar-refractivity contribution in [1.29, 1.82) is 0 Å². The first kappa shape index (κ1) is 16.4. The topological polar surface area (TPSA) is 81.1 Å². The third-order valence-electron chi connectivity index (χ3n) is 4.02. The number of carbonyl (C=O) groups is 1. The fraction of sp³-hybridized carbons (Fsp3) is 0.471. The van der Waals surface area contributed by atoms with Gasteiger partial charge in [0.05, 0.1) is 24.5 Å². The number of carbonyl (C=O) groups excluding carboxylic acids is 1. The summed E-state index contributed by atoms with van der Waals surface area (Å²) in [6, 6.07) is 9.54. The first-order valence-electron chi connectivity index (χ1n) is 8.41. The Labute approximate surface area is 141 Å². The molecule has 2 N–H and O–H groups in total. The van der Waals surface area contributed by atoms with Crippen LogP contribution >= 0.6 is 0 Å². The molecule has 2 heterocycles. The summed E-state index contributed by atoms with van der Waals surface area (Å²) < 4.78 is 7.33. The molecule has 128 valence electrons. The summed E-state index contributed by atoms with van der Waals surface area (Å²) in [5.41, 5.74) is 1.65. The van der Waals surface area contributed by atoms with E-state index in [-0.39, 0.29) is 12.1 Å². The standard InChI is InChI=1S/C17H23N5O2/c23-17(18-10-9-16-8-4-5-11-24-16)19-12-14-13-22(21-20-14)15-6-2-1-3-7-15/h1-3,6-7,13,16H,4-5,8-12H2,(H2,18,19,23)/t16-/m1/s1. The van der Waals surface area contributed by atoms with Gasteiger partial charge in [0.1, 0.15) is 5.69 Å². The Hall–Kier alpha value is -2.41. The number of nitrogens with one attached hydrogen (secondary N) is 2. The normalized spacial score (nSPS) is 17.4. The van der Waals surface area contributed by atoms with Crippen LogP contribution in [0.3, 0.4) is 0 Å². The monoisotopic (exact) mass is 329 g/mol. The third-order valence-corrected chi connectivity index (χ3v) is 4.02. The highest BCUT2D eigenvalue weighted by Crippen LogP contribution is 2.14. The van der Waals surface area contributed by atoms with Gasteiger partial charge in [-0.2, -0.15) is 0 Å². The maximum atomic E-state index is 11.8. The first-order chi connectivity index (χ1) is 11.8. The van der Waals surface area contributed by atoms with Crippen molar-refractivity contribution in [3.8, 4) is 5.69 Å². The van der Waals surface area contributed by atoms with Crippen molar-refractivity contribution in [2.45, 2.75) is 38.3 Å². The van der Waals surface area contributed by atoms with Crippen LogP contribution in [-0.4, -0.2) is 40.3 Å². The van der Waals surface area contributed by atoms with Gasteiger partial charge >= 0.3 is 6.03 Å². The number of nitrogens with zero attached hydrogens (tertiary/aromatic N) is 3. The molecule has 1 fully saturated rings. The maximum Gasteiger partial charge on any atom is 0.315 e. The zero-order valence-electron chi connectivity index (χ0n) is 13.6. The number of aromatic nitrogens is 3. The first-order valence-corrected chi connectivity index (χ1v) is 8.41. The molecule has 1 saturated heterocycles. The molecule has 0 radical (unpaired) electrons. The van der Waals surface area contributed by atoms with E-state index in [0.717, 1.165) is 31.6 Å². The highest BCUT2D eigenvalue weighted by Gasteiger charge is 2.13. The number of urea groups is 1. The van der Waals surface area contributed by atoms with Crippen LogP contribution in [0.15, 0.2) is 36.5 Å². The average Bonchev–Trinajstić information content (AvgIpc) is 3.11. The van der Waals surface area contributed by atoms with Crippen molar-refractivity contribution in [2.75, 3.05) is 13.2 Å². The second-order valence-electron chi connectivity index (χ2n) is 5.88. The second-order valence-corrected chi connectivity index (χ2v) is 5.88. The van der Waals surface area contributed by atoms with Gasteiger partial charge in [0.2, 0.25) is 0 Å². The Bertz CT molecular complexity index is 637. The number of amides is 2. The SMILES string of the molecule is O=C(NCC[C@H]1CCCCO1)NCc1cn(-c2ccccc2)nn1. The van der Waals surface area contributed by atoms with Crippen LogP contribution in [0.1, 0.15) is 31.4 Å². The molecule has 7 nitrogen and oxygen atoms in total. The van der Waals surface area contributed by atoms with Gasteiger partial charge in [-0.1, -0.05) is 23.4 Å². The van der Waals surface area contributed by atoms with Gasteiger partial charge in [-0.15, -0.1) is 5.10 Å². The predicted octanol–water partition coefficient (Wildman–Crippen LogP) is 2.03. The number of ether oxygens (including phenoxy) is 1. The number of hydrogen-bond donors (Lipinski definition) is 2. The summed E-state index contributed by atoms with van der Waals surface area (Å²) in [4.78, 5) is 11.8. The van der Waals surface area contributed by atoms with Gasteiger partial charge in [-0.25, -0.2) is 9.48 Å². The van der Waals surface area contributed by atoms with Crippen LogP contribution in [0.2, 0.25) is 0 Å². The summed E-state index contributed by atoms with van der Waals surface area (Å²) in [6.45, 7) is 1.81. The number of para-hydroxylation sites is 1. The summed E-state index contributed by atoms with van der Waals surface area (Å²) in [6.07, 6.45) is 6.40. The van der Waals surface area contributed by atoms with Crippen LogP contribution in [-0.2, 0) is 11.3 Å². The molecule has 2 aromatic rings. The molecule has 1 atom stereocenters. The van der Waals surface area contributed by atoms with Crippen LogP contribution in [0.5, 0.6) is 0 Å². The van der Waals surface area contributed by atoms with E-state index < -0.39 is 0 Å². The molecule has 0 aliphatic carbocycles. The van der Waals surface area contributed by atoms with Gasteiger partial charge in [0.25, 0.3) is 0 Å². The van der Waals surface area contributed by atoms with E-state index in [0.29, 0.717) is 18.8 Å². The molecule has 7 heteroatoms. The number of rotatable bonds is 6. The summed E-state index contributed by atoms with van der Waals surface area (Å²) in [5.74, 6) is 0. The Morgan fingerprint density at radius 1 is 1.25 bits per heavy atom. The van der Waals surface area contributed by atoms with Gasteiger partial charge < -0.3 is 15.4 Å². The van der Waals surface area contributed by atoms with E-state index in [4.69, 9.17) is 4.74 Å². The minimum atomic E-state index is -0.194. The predicted molar refractivity (Wildman–Crippen MR) is 89.8 cm³/mol. The molecule has 1 aliphatic heterocycles. The molecular weight excluding hydrogens is 306 g/mol. The molecular formula is C17H23N5O2. The average molecular weight is 329 g/mol. The van der Waals surface area contributed by atoms with Crippen molar-refractivity contribution in [1.82, 2.24) is 25.6 Å². The van der Waals surface area contributed by atoms with Gasteiger partial charge in [-0.05, 0) is 37.8 Å². The lowest BCUT2D eigenvalue weighted by Gasteiger charge is -2.22. The Morgan fingerprint density at radius 2 is 2.12 bits per heavy atom. The summed E-state index contributed by atoms with van der Waals surface area (Å²) >= 11 is 0. The third kappa shape index (κ3) is 4.79. The maximum absolute atomic E-state index is 11.8. The van der Waals surface area contributed by atoms with Gasteiger partial charge in [0, 0.05) is 13.2 Å². The van der Waals surface area contributed by atoms with E-state index in [1.165, 1.54) is 6.42 Å². The molecule has 1 aromatic heterocycles. The molecule has 0 spiro atoms. The Morgan fingerprint density at radius 3 is 2.92 bits per heavy atom. The summed E-state index contributed by atoms with van der Waals surface area (Å²) in [5, 5.41) is 13.8. The van der Waals surface area contributed by atoms with Crippen molar-refractivity contribution < 1.29 is 9.53 Å². The van der Waals surface area contributed by atoms with Gasteiger partial charge in [0.15, 0.2) is 0 Å². The van der Waals surface area contributed by atoms with Crippen molar-refractivity contribution in [3.05, 3.63) is 42.2 Å². The second kappa shape index (κ2) is 8.44. The molecule has 0 saturated carbocycles. The van der Waals surface area contributed by atoms with E-state index in [9.17, 15) is 4.79 Å². The fourth-order valence-corrected chi connectivity index (χ4v) is 2.70. The fourth-order valence-electron chi connectivity index (χ4n) is 2.70. The molecule has 0 unspecified atom stereocenters. The number of benzene rings is 1. The zero-order valence-corrected chi connectivity index (χ0v) is 13.6. The smallest absolute Gasteiger partial charge is 0.315 e. The van der Waals surface area contributed by atoms with Crippen LogP contribution in [0, 0.1) is 0 Å². The van der Waals surface area contributed by atoms with Crippen LogP contribution < -0.4 is 10.6 Å². The van der Waals surface area contributed by atoms with Gasteiger partial charge in [-0.3, -0.25) is 0 Å². The van der Waals surface area contributed by atoms with Crippen molar-refractivity contribution in [3.63, 3.8) is 0 Å². The minimum absolute atomic E-state index is 0.194. The van der Waals surface area contributed by atoms with E-state index in [1.807, 2.05) is 36.5 Å². The number of hydrogen-bond acceptors (Lipinski definition) is 4. The zero-order chi connectivity index (χ0) is 16.6. The largest absolute Gasteiger partial charge is 0.378 e. The Kier molecular flexibility index (Phi) is 5.79. The minimum Gasteiger partial charge on any atom is -0.378 e. The highest BCUT2D eigenvalue weighted by atomic mass is 16.5. The Balaban J connectivity index is 1.38. The van der Waals surface area contributed by atoms with E-state index in [1.54, 1.807) is 4.68 Å².